The number of aromatic nitrogens is 6. The van der Waals surface area contributed by atoms with Crippen molar-refractivity contribution >= 4 is 17.6 Å². The van der Waals surface area contributed by atoms with Crippen LogP contribution in [0.4, 0.5) is 26.4 Å². The van der Waals surface area contributed by atoms with E-state index in [9.17, 15) is 8.78 Å². The molecule has 0 unspecified atom stereocenters. The molecule has 0 bridgehead atoms. The Labute approximate surface area is 156 Å². The molecule has 11 heteroatoms. The molecule has 0 amide bonds. The van der Waals surface area contributed by atoms with Crippen LogP contribution in [-0.2, 0) is 0 Å². The molecule has 140 valence electrons. The lowest BCUT2D eigenvalue weighted by atomic mass is 10.3. The Hall–Kier alpha value is -4.02. The van der Waals surface area contributed by atoms with Gasteiger partial charge in [-0.1, -0.05) is 11.2 Å². The summed E-state index contributed by atoms with van der Waals surface area (Å²) in [5.41, 5.74) is 6.17. The molecular weight excluding hydrogens is 370 g/mol. The average molecular weight is 382 g/mol. The Morgan fingerprint density at radius 2 is 1.86 bits per heavy atom. The van der Waals surface area contributed by atoms with Crippen molar-refractivity contribution in [2.45, 2.75) is 0 Å². The van der Waals surface area contributed by atoms with Gasteiger partial charge in [0.15, 0.2) is 11.5 Å². The number of pyridine rings is 1. The Morgan fingerprint density at radius 1 is 1.00 bits per heavy atom. The van der Waals surface area contributed by atoms with E-state index in [1.165, 1.54) is 35.4 Å². The number of nitrogens with two attached hydrogens (primary N) is 1. The molecule has 0 saturated carbocycles. The number of rotatable bonds is 4. The fourth-order valence-corrected chi connectivity index (χ4v) is 2.38. The maximum absolute atomic E-state index is 13.9. The largest absolute Gasteiger partial charge is 0.368 e. The number of halogens is 2. The van der Waals surface area contributed by atoms with Gasteiger partial charge in [0.05, 0.1) is 0 Å². The van der Waals surface area contributed by atoms with Crippen LogP contribution in [0.3, 0.4) is 0 Å². The number of nitrogens with zero attached hydrogens (tertiary/aromatic N) is 7. The van der Waals surface area contributed by atoms with Gasteiger partial charge in [0.1, 0.15) is 5.82 Å². The van der Waals surface area contributed by atoms with Gasteiger partial charge >= 0.3 is 0 Å². The summed E-state index contributed by atoms with van der Waals surface area (Å²) in [6.45, 7) is 0. The van der Waals surface area contributed by atoms with Gasteiger partial charge in [-0.25, -0.2) is 13.8 Å². The summed E-state index contributed by atoms with van der Waals surface area (Å²) in [5.74, 6) is -1.12. The maximum atomic E-state index is 13.9. The molecule has 3 heterocycles. The minimum atomic E-state index is -0.612. The molecule has 0 aliphatic heterocycles. The first-order valence-corrected chi connectivity index (χ1v) is 7.97. The number of nitrogen functional groups attached to an aromatic ring is 1. The molecule has 3 aromatic heterocycles. The van der Waals surface area contributed by atoms with E-state index in [4.69, 9.17) is 10.3 Å². The van der Waals surface area contributed by atoms with Gasteiger partial charge < -0.3 is 15.2 Å². The van der Waals surface area contributed by atoms with E-state index in [1.54, 1.807) is 19.2 Å². The molecular formula is C17H12F2N8O. The van der Waals surface area contributed by atoms with Crippen molar-refractivity contribution in [2.75, 3.05) is 17.7 Å². The number of hydrogen-bond acceptors (Lipinski definition) is 9. The zero-order chi connectivity index (χ0) is 19.7. The lowest BCUT2D eigenvalue weighted by Gasteiger charge is -2.17. The van der Waals surface area contributed by atoms with Crippen LogP contribution in [-0.4, -0.2) is 37.1 Å². The second kappa shape index (κ2) is 6.95. The highest BCUT2D eigenvalue weighted by molar-refractivity contribution is 5.60. The van der Waals surface area contributed by atoms with Gasteiger partial charge in [-0.15, -0.1) is 0 Å². The molecule has 28 heavy (non-hydrogen) atoms. The average Bonchev–Trinajstić information content (AvgIpc) is 3.17. The second-order valence-electron chi connectivity index (χ2n) is 5.61. The molecule has 0 atom stereocenters. The Morgan fingerprint density at radius 3 is 2.64 bits per heavy atom. The topological polar surface area (TPSA) is 120 Å². The van der Waals surface area contributed by atoms with E-state index in [-0.39, 0.29) is 35.1 Å². The van der Waals surface area contributed by atoms with Gasteiger partial charge in [0.2, 0.25) is 23.5 Å². The summed E-state index contributed by atoms with van der Waals surface area (Å²) in [6.07, 6.45) is 1.40. The van der Waals surface area contributed by atoms with Gasteiger partial charge in [-0.05, 0) is 30.3 Å². The summed E-state index contributed by atoms with van der Waals surface area (Å²) >= 11 is 0. The van der Waals surface area contributed by atoms with Gasteiger partial charge in [-0.3, -0.25) is 0 Å². The van der Waals surface area contributed by atoms with Crippen LogP contribution in [0.15, 0.2) is 47.1 Å². The van der Waals surface area contributed by atoms with Crippen LogP contribution in [0.2, 0.25) is 0 Å². The summed E-state index contributed by atoms with van der Waals surface area (Å²) in [7, 11) is 1.64. The van der Waals surface area contributed by atoms with Gasteiger partial charge in [-0.2, -0.15) is 19.9 Å². The summed E-state index contributed by atoms with van der Waals surface area (Å²) in [4.78, 5) is 21.7. The first-order valence-electron chi connectivity index (χ1n) is 7.97. The lowest BCUT2D eigenvalue weighted by Crippen LogP contribution is -2.15. The number of hydrogen-bond donors (Lipinski definition) is 1. The predicted molar refractivity (Wildman–Crippen MR) is 95.2 cm³/mol. The molecule has 0 fully saturated rings. The minimum absolute atomic E-state index is 0.0112. The lowest BCUT2D eigenvalue weighted by molar-refractivity contribution is 0.427. The number of anilines is 3. The van der Waals surface area contributed by atoms with Crippen LogP contribution in [0.5, 0.6) is 0 Å². The molecule has 9 nitrogen and oxygen atoms in total. The van der Waals surface area contributed by atoms with Crippen molar-refractivity contribution in [2.24, 2.45) is 0 Å². The maximum Gasteiger partial charge on any atom is 0.279 e. The van der Waals surface area contributed by atoms with Crippen molar-refractivity contribution < 1.29 is 13.3 Å². The predicted octanol–water partition coefficient (Wildman–Crippen LogP) is 2.61. The van der Waals surface area contributed by atoms with Crippen LogP contribution < -0.4 is 10.6 Å². The smallest absolute Gasteiger partial charge is 0.279 e. The molecule has 0 spiro atoms. The molecule has 4 aromatic rings. The quantitative estimate of drug-likeness (QED) is 0.568. The minimum Gasteiger partial charge on any atom is -0.368 e. The van der Waals surface area contributed by atoms with Crippen LogP contribution in [0.1, 0.15) is 0 Å². The van der Waals surface area contributed by atoms with Crippen LogP contribution in [0.25, 0.3) is 23.2 Å². The molecule has 0 radical (unpaired) electrons. The standard InChI is InChI=1S/C17H12F2N8O/c1-27(10-5-2-4-9(18)8-10)17-24-13(23-16(20)25-17)14-22-15(28-26-14)12-11(19)6-3-7-21-12/h2-8H,1H3,(H2,20,23,24,25). The summed E-state index contributed by atoms with van der Waals surface area (Å²) in [5, 5.41) is 3.75. The molecule has 0 aliphatic rings. The SMILES string of the molecule is CN(c1cccc(F)c1)c1nc(N)nc(-c2noc(-c3ncccc3F)n2)n1. The molecule has 1 aromatic carbocycles. The Bertz CT molecular complexity index is 1150. The second-order valence-corrected chi connectivity index (χ2v) is 5.61. The first-order chi connectivity index (χ1) is 13.5. The highest BCUT2D eigenvalue weighted by atomic mass is 19.1. The van der Waals surface area contributed by atoms with E-state index in [0.717, 1.165) is 0 Å². The Kier molecular flexibility index (Phi) is 4.32. The Balaban J connectivity index is 1.71. The van der Waals surface area contributed by atoms with Crippen molar-refractivity contribution in [3.8, 4) is 23.2 Å². The van der Waals surface area contributed by atoms with E-state index >= 15 is 0 Å². The van der Waals surface area contributed by atoms with Crippen LogP contribution in [0, 0.1) is 11.6 Å². The molecule has 0 aliphatic carbocycles. The highest BCUT2D eigenvalue weighted by Gasteiger charge is 2.19. The first kappa shape index (κ1) is 17.4. The fraction of sp³-hybridized carbons (Fsp3) is 0.0588. The van der Waals surface area contributed by atoms with E-state index < -0.39 is 11.6 Å². The highest BCUT2D eigenvalue weighted by Crippen LogP contribution is 2.25. The van der Waals surface area contributed by atoms with Crippen LogP contribution >= 0.6 is 0 Å². The molecule has 2 N–H and O–H groups in total. The third-order valence-corrected chi connectivity index (χ3v) is 3.72. The third-order valence-electron chi connectivity index (χ3n) is 3.72. The normalized spacial score (nSPS) is 10.8. The van der Waals surface area contributed by atoms with Crippen molar-refractivity contribution in [3.05, 3.63) is 54.2 Å². The monoisotopic (exact) mass is 382 g/mol. The number of benzene rings is 1. The van der Waals surface area contributed by atoms with Crippen molar-refractivity contribution in [1.29, 1.82) is 0 Å². The van der Waals surface area contributed by atoms with Crippen molar-refractivity contribution in [1.82, 2.24) is 30.1 Å². The van der Waals surface area contributed by atoms with Crippen molar-refractivity contribution in [3.63, 3.8) is 0 Å². The zero-order valence-corrected chi connectivity index (χ0v) is 14.4. The summed E-state index contributed by atoms with van der Waals surface area (Å²) in [6, 6.07) is 8.53. The molecule has 4 rings (SSSR count). The third kappa shape index (κ3) is 3.32. The van der Waals surface area contributed by atoms with Gasteiger partial charge in [0.25, 0.3) is 5.89 Å². The van der Waals surface area contributed by atoms with E-state index in [2.05, 4.69) is 30.1 Å². The summed E-state index contributed by atoms with van der Waals surface area (Å²) < 4.78 is 32.4. The van der Waals surface area contributed by atoms with E-state index in [0.29, 0.717) is 5.69 Å². The molecule has 0 saturated heterocycles. The van der Waals surface area contributed by atoms with Gasteiger partial charge in [0, 0.05) is 18.9 Å². The zero-order valence-electron chi connectivity index (χ0n) is 14.4. The fourth-order valence-electron chi connectivity index (χ4n) is 2.38. The van der Waals surface area contributed by atoms with E-state index in [1.807, 2.05) is 0 Å².